The number of amides is 2. The molecule has 0 saturated carbocycles. The van der Waals surface area contributed by atoms with Crippen LogP contribution < -0.4 is 10.6 Å². The zero-order valence-electron chi connectivity index (χ0n) is 15.9. The summed E-state index contributed by atoms with van der Waals surface area (Å²) >= 11 is 0. The van der Waals surface area contributed by atoms with Crippen molar-refractivity contribution in [3.05, 3.63) is 90.1 Å². The summed E-state index contributed by atoms with van der Waals surface area (Å²) in [7, 11) is 0. The van der Waals surface area contributed by atoms with Gasteiger partial charge < -0.3 is 15.2 Å². The Hall–Kier alpha value is -3.88. The molecule has 0 aliphatic carbocycles. The number of benzene rings is 2. The Kier molecular flexibility index (Phi) is 5.33. The molecule has 9 heteroatoms. The van der Waals surface area contributed by atoms with Crippen molar-refractivity contribution in [2.75, 3.05) is 10.6 Å². The maximum absolute atomic E-state index is 13.4. The van der Waals surface area contributed by atoms with Gasteiger partial charge in [0, 0.05) is 36.2 Å². The number of aromatic nitrogens is 2. The van der Waals surface area contributed by atoms with Crippen molar-refractivity contribution in [1.29, 1.82) is 0 Å². The highest BCUT2D eigenvalue weighted by atomic mass is 19.4. The van der Waals surface area contributed by atoms with E-state index >= 15 is 0 Å². The van der Waals surface area contributed by atoms with Crippen LogP contribution in [-0.4, -0.2) is 15.6 Å². The molecule has 4 aromatic rings. The lowest BCUT2D eigenvalue weighted by molar-refractivity contribution is -0.139. The van der Waals surface area contributed by atoms with Crippen LogP contribution in [0.15, 0.2) is 73.2 Å². The molecular formula is C22H16F4N4O. The van der Waals surface area contributed by atoms with Gasteiger partial charge in [-0.25, -0.2) is 9.18 Å². The van der Waals surface area contributed by atoms with Crippen LogP contribution in [-0.2, 0) is 12.7 Å². The Bertz CT molecular complexity index is 1240. The van der Waals surface area contributed by atoms with E-state index < -0.39 is 23.6 Å². The highest BCUT2D eigenvalue weighted by Crippen LogP contribution is 2.33. The van der Waals surface area contributed by atoms with Gasteiger partial charge in [0.15, 0.2) is 0 Å². The normalized spacial score (nSPS) is 11.5. The van der Waals surface area contributed by atoms with Gasteiger partial charge >= 0.3 is 12.2 Å². The maximum atomic E-state index is 13.4. The molecule has 2 amide bonds. The van der Waals surface area contributed by atoms with Crippen molar-refractivity contribution in [2.24, 2.45) is 0 Å². The minimum atomic E-state index is -4.86. The van der Waals surface area contributed by atoms with Crippen molar-refractivity contribution in [1.82, 2.24) is 9.55 Å². The minimum Gasteiger partial charge on any atom is -0.343 e. The van der Waals surface area contributed by atoms with Gasteiger partial charge in [-0.3, -0.25) is 4.98 Å². The predicted molar refractivity (Wildman–Crippen MR) is 109 cm³/mol. The van der Waals surface area contributed by atoms with E-state index in [2.05, 4.69) is 15.6 Å². The number of hydrogen-bond donors (Lipinski definition) is 2. The van der Waals surface area contributed by atoms with Crippen molar-refractivity contribution in [2.45, 2.75) is 12.7 Å². The molecule has 0 unspecified atom stereocenters. The predicted octanol–water partition coefficient (Wildman–Crippen LogP) is 5.89. The van der Waals surface area contributed by atoms with E-state index in [0.717, 1.165) is 22.5 Å². The number of carbonyl (C=O) groups is 1. The van der Waals surface area contributed by atoms with E-state index in [-0.39, 0.29) is 5.69 Å². The standard InChI is InChI=1S/C22H16F4N4O/c23-18-5-4-15(12-17(18)22(24,25)26)28-21(31)29-19-2-1-3-20-16(19)8-11-30(20)13-14-6-9-27-10-7-14/h1-12H,13H2,(H2,28,29,31). The van der Waals surface area contributed by atoms with E-state index in [0.29, 0.717) is 24.4 Å². The molecule has 0 aliphatic rings. The van der Waals surface area contributed by atoms with Crippen LogP contribution in [0.1, 0.15) is 11.1 Å². The molecule has 158 valence electrons. The molecule has 2 heterocycles. The van der Waals surface area contributed by atoms with E-state index in [1.165, 1.54) is 0 Å². The summed E-state index contributed by atoms with van der Waals surface area (Å²) in [6, 6.07) is 12.5. The number of urea groups is 1. The van der Waals surface area contributed by atoms with E-state index in [1.807, 2.05) is 35.0 Å². The first-order valence-corrected chi connectivity index (χ1v) is 9.23. The number of halogens is 4. The van der Waals surface area contributed by atoms with Gasteiger partial charge in [-0.1, -0.05) is 6.07 Å². The second kappa shape index (κ2) is 8.10. The molecule has 0 fully saturated rings. The van der Waals surface area contributed by atoms with Gasteiger partial charge in [-0.2, -0.15) is 13.2 Å². The molecule has 0 bridgehead atoms. The van der Waals surface area contributed by atoms with Crippen molar-refractivity contribution < 1.29 is 22.4 Å². The Labute approximate surface area is 174 Å². The number of pyridine rings is 1. The maximum Gasteiger partial charge on any atom is 0.419 e. The van der Waals surface area contributed by atoms with Crippen LogP contribution in [0.3, 0.4) is 0 Å². The SMILES string of the molecule is O=C(Nc1ccc(F)c(C(F)(F)F)c1)Nc1cccc2c1ccn2Cc1ccncc1. The quantitative estimate of drug-likeness (QED) is 0.399. The number of nitrogens with one attached hydrogen (secondary N) is 2. The molecular weight excluding hydrogens is 412 g/mol. The molecule has 0 radical (unpaired) electrons. The Morgan fingerprint density at radius 2 is 1.77 bits per heavy atom. The second-order valence-corrected chi connectivity index (χ2v) is 6.81. The molecule has 5 nitrogen and oxygen atoms in total. The van der Waals surface area contributed by atoms with Crippen LogP contribution in [0.5, 0.6) is 0 Å². The smallest absolute Gasteiger partial charge is 0.343 e. The van der Waals surface area contributed by atoms with Gasteiger partial charge in [0.2, 0.25) is 0 Å². The molecule has 0 atom stereocenters. The highest BCUT2D eigenvalue weighted by molar-refractivity contribution is 6.05. The summed E-state index contributed by atoms with van der Waals surface area (Å²) in [6.45, 7) is 0.609. The number of rotatable bonds is 4. The first-order chi connectivity index (χ1) is 14.8. The second-order valence-electron chi connectivity index (χ2n) is 6.81. The average Bonchev–Trinajstić information content (AvgIpc) is 3.13. The zero-order chi connectivity index (χ0) is 22.0. The summed E-state index contributed by atoms with van der Waals surface area (Å²) in [6.07, 6.45) is 0.432. The third kappa shape index (κ3) is 4.50. The average molecular weight is 428 g/mol. The lowest BCUT2D eigenvalue weighted by Gasteiger charge is -2.12. The Morgan fingerprint density at radius 3 is 2.52 bits per heavy atom. The Balaban J connectivity index is 1.53. The lowest BCUT2D eigenvalue weighted by Crippen LogP contribution is -2.20. The van der Waals surface area contributed by atoms with Crippen molar-refractivity contribution in [3.63, 3.8) is 0 Å². The Morgan fingerprint density at radius 1 is 1.00 bits per heavy atom. The summed E-state index contributed by atoms with van der Waals surface area (Å²) in [4.78, 5) is 16.4. The van der Waals surface area contributed by atoms with E-state index in [9.17, 15) is 22.4 Å². The lowest BCUT2D eigenvalue weighted by atomic mass is 10.2. The number of anilines is 2. The van der Waals surface area contributed by atoms with Crippen LogP contribution in [0, 0.1) is 5.82 Å². The van der Waals surface area contributed by atoms with Crippen LogP contribution in [0.2, 0.25) is 0 Å². The van der Waals surface area contributed by atoms with Crippen molar-refractivity contribution in [3.8, 4) is 0 Å². The molecule has 0 spiro atoms. The van der Waals surface area contributed by atoms with Gasteiger partial charge in [-0.15, -0.1) is 0 Å². The minimum absolute atomic E-state index is 0.173. The fourth-order valence-electron chi connectivity index (χ4n) is 3.26. The fraction of sp³-hybridized carbons (Fsp3) is 0.0909. The van der Waals surface area contributed by atoms with Crippen LogP contribution in [0.4, 0.5) is 33.7 Å². The van der Waals surface area contributed by atoms with E-state index in [1.54, 1.807) is 24.5 Å². The molecule has 0 saturated heterocycles. The topological polar surface area (TPSA) is 59.0 Å². The van der Waals surface area contributed by atoms with Gasteiger partial charge in [-0.05, 0) is 54.1 Å². The van der Waals surface area contributed by atoms with Crippen LogP contribution >= 0.6 is 0 Å². The zero-order valence-corrected chi connectivity index (χ0v) is 15.9. The fourth-order valence-corrected chi connectivity index (χ4v) is 3.26. The monoisotopic (exact) mass is 428 g/mol. The number of hydrogen-bond acceptors (Lipinski definition) is 2. The number of alkyl halides is 3. The molecule has 0 aliphatic heterocycles. The molecule has 2 N–H and O–H groups in total. The highest BCUT2D eigenvalue weighted by Gasteiger charge is 2.34. The summed E-state index contributed by atoms with van der Waals surface area (Å²) < 4.78 is 54.0. The van der Waals surface area contributed by atoms with Gasteiger partial charge in [0.05, 0.1) is 16.8 Å². The number of nitrogens with zero attached hydrogens (tertiary/aromatic N) is 2. The molecule has 4 rings (SSSR count). The van der Waals surface area contributed by atoms with Crippen molar-refractivity contribution >= 4 is 28.3 Å². The molecule has 31 heavy (non-hydrogen) atoms. The summed E-state index contributed by atoms with van der Waals surface area (Å²) in [5.41, 5.74) is 0.798. The van der Waals surface area contributed by atoms with Gasteiger partial charge in [0.1, 0.15) is 5.82 Å². The molecule has 2 aromatic carbocycles. The molecule has 2 aromatic heterocycles. The summed E-state index contributed by atoms with van der Waals surface area (Å²) in [5.74, 6) is -1.40. The van der Waals surface area contributed by atoms with Crippen LogP contribution in [0.25, 0.3) is 10.9 Å². The van der Waals surface area contributed by atoms with E-state index in [4.69, 9.17) is 0 Å². The number of fused-ring (bicyclic) bond motifs is 1. The van der Waals surface area contributed by atoms with Gasteiger partial charge in [0.25, 0.3) is 0 Å². The number of carbonyl (C=O) groups excluding carboxylic acids is 1. The third-order valence-electron chi connectivity index (χ3n) is 4.69. The summed E-state index contributed by atoms with van der Waals surface area (Å²) in [5, 5.41) is 5.71. The first kappa shape index (κ1) is 20.4. The largest absolute Gasteiger partial charge is 0.419 e. The third-order valence-corrected chi connectivity index (χ3v) is 4.69. The first-order valence-electron chi connectivity index (χ1n) is 9.23.